The van der Waals surface area contributed by atoms with Crippen LogP contribution >= 0.6 is 15.6 Å². The summed E-state index contributed by atoms with van der Waals surface area (Å²) in [6, 6.07) is 0. The number of hydrogen-bond donors (Lipinski definition) is 0. The molecule has 0 aromatic rings. The van der Waals surface area contributed by atoms with Crippen molar-refractivity contribution in [2.24, 2.45) is 0 Å². The van der Waals surface area contributed by atoms with Crippen molar-refractivity contribution in [3.8, 4) is 0 Å². The van der Waals surface area contributed by atoms with Crippen molar-refractivity contribution in [1.82, 2.24) is 0 Å². The monoisotopic (exact) mass is 318 g/mol. The molecular weight excluding hydrogens is 318 g/mol. The summed E-state index contributed by atoms with van der Waals surface area (Å²) >= 11 is 0. The average molecular weight is 318 g/mol. The quantitative estimate of drug-likeness (QED) is 0.309. The number of halogens is 2. The zero-order chi connectivity index (χ0) is 11.7. The van der Waals surface area contributed by atoms with E-state index in [0.29, 0.717) is 0 Å². The van der Waals surface area contributed by atoms with Crippen LogP contribution in [0.1, 0.15) is 0 Å². The van der Waals surface area contributed by atoms with Crippen molar-refractivity contribution in [2.75, 3.05) is 0 Å². The maximum atomic E-state index is 9.12. The standard InChI is InChI=1S/F2O.Na.2H3O4P.V/c1-3-2;;2*1-5(2,3)4;/h;;2*(H3,1,2,3,4);/q;+1;;;+5/p-6. The van der Waals surface area contributed by atoms with Crippen LogP contribution in [0.4, 0.5) is 9.05 Å². The van der Waals surface area contributed by atoms with Gasteiger partial charge in [0.15, 0.2) is 0 Å². The van der Waals surface area contributed by atoms with Crippen LogP contribution in [-0.4, -0.2) is 0 Å². The molecule has 0 unspecified atom stereocenters. The molecule has 0 radical (unpaired) electrons. The van der Waals surface area contributed by atoms with Gasteiger partial charge in [-0.3, -0.25) is 0 Å². The van der Waals surface area contributed by atoms with Gasteiger partial charge in [-0.2, -0.15) is 15.6 Å². The van der Waals surface area contributed by atoms with Gasteiger partial charge in [-0.1, -0.05) is 0 Å². The first kappa shape index (κ1) is 30.0. The van der Waals surface area contributed by atoms with Gasteiger partial charge >= 0.3 is 48.1 Å². The fourth-order valence-electron chi connectivity index (χ4n) is 0. The van der Waals surface area contributed by atoms with E-state index in [1.807, 2.05) is 0 Å². The first-order chi connectivity index (χ1) is 5.41. The maximum absolute atomic E-state index is 9.12. The van der Waals surface area contributed by atoms with Gasteiger partial charge in [0.05, 0.1) is 0 Å². The Kier molecular flexibility index (Phi) is 31.3. The van der Waals surface area contributed by atoms with Crippen LogP contribution in [0.15, 0.2) is 0 Å². The first-order valence-corrected chi connectivity index (χ1v) is 4.69. The third kappa shape index (κ3) is 1100. The molecule has 0 atom stereocenters. The van der Waals surface area contributed by atoms with Crippen LogP contribution in [-0.2, 0) is 32.8 Å². The summed E-state index contributed by atoms with van der Waals surface area (Å²) in [6.45, 7) is 0. The number of phosphoric acid groups is 2. The predicted molar refractivity (Wildman–Crippen MR) is 18.5 cm³/mol. The summed E-state index contributed by atoms with van der Waals surface area (Å²) in [5.41, 5.74) is 0. The third-order valence-corrected chi connectivity index (χ3v) is 0. The van der Waals surface area contributed by atoms with Gasteiger partial charge in [0.1, 0.15) is 0 Å². The Balaban J connectivity index is -0.0000000322. The van der Waals surface area contributed by atoms with Crippen LogP contribution in [0.2, 0.25) is 0 Å². The normalized spacial score (nSPS) is 9.07. The zero-order valence-electron chi connectivity index (χ0n) is 6.77. The van der Waals surface area contributed by atoms with E-state index in [-0.39, 0.29) is 48.1 Å². The molecule has 15 heteroatoms. The summed E-state index contributed by atoms with van der Waals surface area (Å²) in [6.07, 6.45) is 0. The van der Waals surface area contributed by atoms with Gasteiger partial charge in [-0.05, 0) is 9.05 Å². The second-order valence-corrected chi connectivity index (χ2v) is 2.74. The van der Waals surface area contributed by atoms with Gasteiger partial charge in [0, 0.05) is 5.15 Å². The van der Waals surface area contributed by atoms with Crippen molar-refractivity contribution in [3.63, 3.8) is 0 Å². The Bertz CT molecular complexity index is 150. The van der Waals surface area contributed by atoms with Crippen molar-refractivity contribution in [3.05, 3.63) is 0 Å². The molecule has 0 spiro atoms. The molecule has 0 aliphatic carbocycles. The maximum Gasteiger partial charge on any atom is 5.00 e. The fourth-order valence-corrected chi connectivity index (χ4v) is 0. The minimum Gasteiger partial charge on any atom is -0.822 e. The molecule has 0 fully saturated rings. The molecule has 15 heavy (non-hydrogen) atoms. The Morgan fingerprint density at radius 2 is 0.800 bits per heavy atom. The molecule has 0 bridgehead atoms. The summed E-state index contributed by atoms with van der Waals surface area (Å²) < 4.78 is 35.3. The van der Waals surface area contributed by atoms with Crippen LogP contribution in [0.25, 0.3) is 0 Å². The SMILES string of the molecule is FOF.O=P([O-])([O-])[O-].O=P([O-])([O-])[O-].[Na+].[V+5]. The van der Waals surface area contributed by atoms with E-state index in [4.69, 9.17) is 47.5 Å². The summed E-state index contributed by atoms with van der Waals surface area (Å²) in [7, 11) is -10.8. The largest absolute Gasteiger partial charge is 5.00 e. The zero-order valence-corrected chi connectivity index (χ0v) is 12.0. The van der Waals surface area contributed by atoms with E-state index in [9.17, 15) is 0 Å². The van der Waals surface area contributed by atoms with Crippen LogP contribution < -0.4 is 58.9 Å². The van der Waals surface area contributed by atoms with Crippen molar-refractivity contribution >= 4 is 15.6 Å². The Morgan fingerprint density at radius 3 is 0.800 bits per heavy atom. The van der Waals surface area contributed by atoms with E-state index in [2.05, 4.69) is 0 Å². The molecule has 0 N–H and O–H groups in total. The van der Waals surface area contributed by atoms with Gasteiger partial charge in [-0.15, -0.1) is 0 Å². The molecule has 0 saturated heterocycles. The van der Waals surface area contributed by atoms with E-state index < -0.39 is 15.6 Å². The van der Waals surface area contributed by atoms with Gasteiger partial charge < -0.3 is 38.5 Å². The summed E-state index contributed by atoms with van der Waals surface area (Å²) in [4.78, 5) is 51.3. The Labute approximate surface area is 116 Å². The Morgan fingerprint density at radius 1 is 0.800 bits per heavy atom. The molecule has 0 rings (SSSR count). The van der Waals surface area contributed by atoms with Crippen molar-refractivity contribution in [2.45, 2.75) is 0 Å². The van der Waals surface area contributed by atoms with E-state index in [1.165, 1.54) is 5.15 Å². The molecule has 0 aromatic carbocycles. The Hall–Kier alpha value is 1.62. The fraction of sp³-hybridized carbons (Fsp3) is 0. The van der Waals surface area contributed by atoms with Gasteiger partial charge in [0.2, 0.25) is 0 Å². The average Bonchev–Trinajstić information content (AvgIpc) is 1.52. The second-order valence-electron chi connectivity index (χ2n) is 0.953. The van der Waals surface area contributed by atoms with Crippen molar-refractivity contribution in [1.29, 1.82) is 0 Å². The minimum absolute atomic E-state index is 0. The van der Waals surface area contributed by atoms with E-state index in [0.717, 1.165) is 0 Å². The molecule has 0 aliphatic heterocycles. The molecule has 0 saturated carbocycles. The summed E-state index contributed by atoms with van der Waals surface area (Å²) in [5.74, 6) is 0. The second kappa shape index (κ2) is 15.6. The van der Waals surface area contributed by atoms with E-state index in [1.54, 1.807) is 0 Å². The van der Waals surface area contributed by atoms with Crippen molar-refractivity contribution < 1.29 is 101 Å². The molecule has 0 heterocycles. The topological polar surface area (TPSA) is 182 Å². The smallest absolute Gasteiger partial charge is 0.822 e. The minimum atomic E-state index is -5.39. The van der Waals surface area contributed by atoms with Crippen LogP contribution in [0.5, 0.6) is 0 Å². The third-order valence-electron chi connectivity index (χ3n) is 0. The first-order valence-electron chi connectivity index (χ1n) is 1.77. The number of rotatable bonds is 0. The van der Waals surface area contributed by atoms with Crippen LogP contribution in [0.3, 0.4) is 0 Å². The molecule has 84 valence electrons. The van der Waals surface area contributed by atoms with E-state index >= 15 is 0 Å². The molecule has 0 aliphatic rings. The predicted octanol–water partition coefficient (Wildman–Crippen LogP) is -7.88. The molecular formula is F2NaO9P2V. The van der Waals surface area contributed by atoms with Gasteiger partial charge in [0.25, 0.3) is 0 Å². The molecule has 0 aromatic heterocycles. The van der Waals surface area contributed by atoms with Gasteiger partial charge in [-0.25, -0.2) is 0 Å². The van der Waals surface area contributed by atoms with Crippen LogP contribution in [0, 0.1) is 0 Å². The summed E-state index contributed by atoms with van der Waals surface area (Å²) in [5, 5.41) is 1.25. The molecule has 0 amide bonds. The molecule has 9 nitrogen and oxygen atoms in total. The number of hydrogen-bond acceptors (Lipinski definition) is 9.